The summed E-state index contributed by atoms with van der Waals surface area (Å²) in [5.74, 6) is 1.42. The van der Waals surface area contributed by atoms with Crippen molar-refractivity contribution in [3.05, 3.63) is 224 Å². The molecule has 0 saturated heterocycles. The average Bonchev–Trinajstić information content (AvgIpc) is 3.88. The van der Waals surface area contributed by atoms with Gasteiger partial charge in [-0.2, -0.15) is 9.97 Å². The zero-order valence-electron chi connectivity index (χ0n) is 33.9. The molecular weight excluding hydrogens is 774 g/mol. The van der Waals surface area contributed by atoms with Crippen molar-refractivity contribution in [2.75, 3.05) is 0 Å². The topological polar surface area (TPSA) is 48.5 Å². The molecule has 0 amide bonds. The molecule has 0 bridgehead atoms. The third-order valence-electron chi connectivity index (χ3n) is 12.0. The Morgan fingerprint density at radius 2 is 0.698 bits per heavy atom. The van der Waals surface area contributed by atoms with E-state index in [1.54, 1.807) is 0 Å². The van der Waals surface area contributed by atoms with Crippen LogP contribution in [0.2, 0.25) is 0 Å². The fourth-order valence-corrected chi connectivity index (χ4v) is 9.08. The molecule has 0 aliphatic heterocycles. The number of para-hydroxylation sites is 2. The number of benzene rings is 9. The first-order valence-corrected chi connectivity index (χ1v) is 21.0. The molecule has 0 radical (unpaired) electrons. The number of nitrogens with zero attached hydrogens (tertiary/aromatic N) is 5. The third kappa shape index (κ3) is 6.27. The number of rotatable bonds is 7. The third-order valence-corrected chi connectivity index (χ3v) is 12.0. The van der Waals surface area contributed by atoms with Gasteiger partial charge in [-0.25, -0.2) is 9.37 Å². The SMILES string of the molecule is Fc1ccc(-c2cc(-c3ccccc3)cc(-n3c4ccccc4c4ccc5c6ccccc6n(-c6nc(-c7ccccc7)nc(-c7ccc(-c8ccccc8)cc7)n6)c5c43)c2)cc1. The van der Waals surface area contributed by atoms with E-state index in [4.69, 9.17) is 15.0 Å². The fraction of sp³-hybridized carbons (Fsp3) is 0. The molecule has 3 heterocycles. The normalized spacial score (nSPS) is 11.6. The second-order valence-electron chi connectivity index (χ2n) is 15.8. The fourth-order valence-electron chi connectivity index (χ4n) is 9.08. The number of hydrogen-bond donors (Lipinski definition) is 0. The summed E-state index contributed by atoms with van der Waals surface area (Å²) in [4.78, 5) is 15.8. The van der Waals surface area contributed by atoms with Crippen LogP contribution in [0.1, 0.15) is 0 Å². The second kappa shape index (κ2) is 14.9. The molecule has 5 nitrogen and oxygen atoms in total. The number of fused-ring (bicyclic) bond motifs is 7. The van der Waals surface area contributed by atoms with Crippen LogP contribution in [0.4, 0.5) is 4.39 Å². The van der Waals surface area contributed by atoms with Gasteiger partial charge in [0.05, 0.1) is 22.1 Å². The van der Waals surface area contributed by atoms with Gasteiger partial charge in [-0.3, -0.25) is 4.57 Å². The lowest BCUT2D eigenvalue weighted by Crippen LogP contribution is -2.07. The largest absolute Gasteiger partial charge is 0.307 e. The van der Waals surface area contributed by atoms with Crippen LogP contribution in [0.3, 0.4) is 0 Å². The van der Waals surface area contributed by atoms with Crippen LogP contribution in [-0.2, 0) is 0 Å². The zero-order chi connectivity index (χ0) is 41.9. The monoisotopic (exact) mass is 809 g/mol. The van der Waals surface area contributed by atoms with Gasteiger partial charge in [0.25, 0.3) is 0 Å². The van der Waals surface area contributed by atoms with Gasteiger partial charge >= 0.3 is 0 Å². The van der Waals surface area contributed by atoms with Gasteiger partial charge in [-0.05, 0) is 75.8 Å². The summed E-state index contributed by atoms with van der Waals surface area (Å²) < 4.78 is 18.9. The number of hydrogen-bond acceptors (Lipinski definition) is 3. The van der Waals surface area contributed by atoms with E-state index in [-0.39, 0.29) is 5.82 Å². The zero-order valence-corrected chi connectivity index (χ0v) is 33.9. The van der Waals surface area contributed by atoms with Gasteiger partial charge in [0, 0.05) is 38.4 Å². The summed E-state index contributed by atoms with van der Waals surface area (Å²) in [5, 5.41) is 4.39. The first kappa shape index (κ1) is 36.4. The maximum Gasteiger partial charge on any atom is 0.238 e. The minimum Gasteiger partial charge on any atom is -0.307 e. The van der Waals surface area contributed by atoms with E-state index in [1.165, 1.54) is 12.1 Å². The molecule has 0 N–H and O–H groups in total. The Morgan fingerprint density at radius 3 is 1.27 bits per heavy atom. The molecule has 0 aliphatic rings. The van der Waals surface area contributed by atoms with Crippen molar-refractivity contribution in [3.63, 3.8) is 0 Å². The molecule has 296 valence electrons. The summed E-state index contributed by atoms with van der Waals surface area (Å²) in [6.07, 6.45) is 0. The highest BCUT2D eigenvalue weighted by Crippen LogP contribution is 2.43. The molecule has 0 atom stereocenters. The van der Waals surface area contributed by atoms with Crippen molar-refractivity contribution in [2.24, 2.45) is 0 Å². The second-order valence-corrected chi connectivity index (χ2v) is 15.8. The summed E-state index contributed by atoms with van der Waals surface area (Å²) in [6, 6.07) is 74.3. The van der Waals surface area contributed by atoms with Crippen LogP contribution in [0, 0.1) is 5.82 Å². The van der Waals surface area contributed by atoms with E-state index in [2.05, 4.69) is 161 Å². The Labute approximate surface area is 362 Å². The Hall–Kier alpha value is -8.48. The summed E-state index contributed by atoms with van der Waals surface area (Å²) in [7, 11) is 0. The van der Waals surface area contributed by atoms with Gasteiger partial charge in [0.2, 0.25) is 5.95 Å². The van der Waals surface area contributed by atoms with Crippen molar-refractivity contribution >= 4 is 43.6 Å². The minimum absolute atomic E-state index is 0.267. The molecule has 12 aromatic rings. The highest BCUT2D eigenvalue weighted by molar-refractivity contribution is 6.23. The van der Waals surface area contributed by atoms with Gasteiger partial charge in [-0.15, -0.1) is 0 Å². The lowest BCUT2D eigenvalue weighted by atomic mass is 9.98. The van der Waals surface area contributed by atoms with Crippen molar-refractivity contribution in [3.8, 4) is 67.8 Å². The van der Waals surface area contributed by atoms with Crippen molar-refractivity contribution in [2.45, 2.75) is 0 Å². The van der Waals surface area contributed by atoms with E-state index in [9.17, 15) is 4.39 Å². The molecule has 0 aliphatic carbocycles. The van der Waals surface area contributed by atoms with Gasteiger partial charge in [0.1, 0.15) is 5.82 Å². The van der Waals surface area contributed by atoms with Crippen molar-refractivity contribution < 1.29 is 4.39 Å². The minimum atomic E-state index is -0.267. The van der Waals surface area contributed by atoms with E-state index in [0.29, 0.717) is 17.6 Å². The highest BCUT2D eigenvalue weighted by atomic mass is 19.1. The quantitative estimate of drug-likeness (QED) is 0.161. The molecule has 0 spiro atoms. The van der Waals surface area contributed by atoms with Crippen molar-refractivity contribution in [1.29, 1.82) is 0 Å². The standard InChI is InChI=1S/C57H36FN5/c58-45-30-28-40(29-31-45)44-34-43(38-16-6-2-7-17-38)35-46(36-44)62-51-22-12-10-20-47(51)49-32-33-50-48-21-11-13-23-52(48)63(54(50)53(49)62)57-60-55(41-18-8-3-9-19-41)59-56(61-57)42-26-24-39(25-27-42)37-14-4-1-5-15-37/h1-36H. The molecule has 9 aromatic carbocycles. The molecular formula is C57H36FN5. The number of halogens is 1. The lowest BCUT2D eigenvalue weighted by Gasteiger charge is -2.16. The van der Waals surface area contributed by atoms with E-state index in [1.807, 2.05) is 54.6 Å². The van der Waals surface area contributed by atoms with Gasteiger partial charge in [0.15, 0.2) is 11.6 Å². The van der Waals surface area contributed by atoms with Crippen LogP contribution >= 0.6 is 0 Å². The summed E-state index contributed by atoms with van der Waals surface area (Å²) >= 11 is 0. The van der Waals surface area contributed by atoms with Crippen LogP contribution < -0.4 is 0 Å². The highest BCUT2D eigenvalue weighted by Gasteiger charge is 2.24. The number of aromatic nitrogens is 5. The molecule has 6 heteroatoms. The van der Waals surface area contributed by atoms with Crippen LogP contribution in [0.5, 0.6) is 0 Å². The predicted octanol–water partition coefficient (Wildman–Crippen LogP) is 14.5. The van der Waals surface area contributed by atoms with E-state index in [0.717, 1.165) is 93.8 Å². The van der Waals surface area contributed by atoms with E-state index >= 15 is 0 Å². The molecule has 0 unspecified atom stereocenters. The van der Waals surface area contributed by atoms with Crippen LogP contribution in [-0.4, -0.2) is 24.1 Å². The Balaban J connectivity index is 1.17. The first-order chi connectivity index (χ1) is 31.1. The van der Waals surface area contributed by atoms with E-state index < -0.39 is 0 Å². The molecule has 0 fully saturated rings. The van der Waals surface area contributed by atoms with Crippen LogP contribution in [0.15, 0.2) is 218 Å². The molecule has 63 heavy (non-hydrogen) atoms. The maximum atomic E-state index is 14.3. The van der Waals surface area contributed by atoms with Crippen LogP contribution in [0.25, 0.3) is 111 Å². The molecule has 12 rings (SSSR count). The predicted molar refractivity (Wildman–Crippen MR) is 256 cm³/mol. The first-order valence-electron chi connectivity index (χ1n) is 21.0. The summed E-state index contributed by atoms with van der Waals surface area (Å²) in [6.45, 7) is 0. The average molecular weight is 810 g/mol. The van der Waals surface area contributed by atoms with Gasteiger partial charge in [-0.1, -0.05) is 176 Å². The maximum absolute atomic E-state index is 14.3. The Morgan fingerprint density at radius 1 is 0.302 bits per heavy atom. The smallest absolute Gasteiger partial charge is 0.238 e. The lowest BCUT2D eigenvalue weighted by molar-refractivity contribution is 0.628. The Kier molecular flexibility index (Phi) is 8.61. The van der Waals surface area contributed by atoms with Crippen molar-refractivity contribution in [1.82, 2.24) is 24.1 Å². The molecule has 0 saturated carbocycles. The van der Waals surface area contributed by atoms with Gasteiger partial charge < -0.3 is 4.57 Å². The molecule has 3 aromatic heterocycles. The Bertz CT molecular complexity index is 3650. The summed E-state index contributed by atoms with van der Waals surface area (Å²) in [5.41, 5.74) is 13.1.